The highest BCUT2D eigenvalue weighted by atomic mass is 16.2. The summed E-state index contributed by atoms with van der Waals surface area (Å²) >= 11 is 0. The Morgan fingerprint density at radius 2 is 2.50 bits per heavy atom. The van der Waals surface area contributed by atoms with Gasteiger partial charge in [-0.15, -0.1) is 0 Å². The largest absolute Gasteiger partial charge is 0.396 e. The van der Waals surface area contributed by atoms with Gasteiger partial charge in [-0.1, -0.05) is 0 Å². The Morgan fingerprint density at radius 1 is 1.70 bits per heavy atom. The number of nitrogens with two attached hydrogens (primary N) is 1. The molecule has 0 saturated heterocycles. The van der Waals surface area contributed by atoms with Gasteiger partial charge in [0.2, 0.25) is 0 Å². The number of H-pyrrole nitrogens is 1. The number of aliphatic hydroxyl groups is 1. The van der Waals surface area contributed by atoms with E-state index in [1.165, 1.54) is 0 Å². The monoisotopic (exact) mass is 141 g/mol. The van der Waals surface area contributed by atoms with Gasteiger partial charge in [-0.25, -0.2) is 4.98 Å². The lowest BCUT2D eigenvalue weighted by molar-refractivity contribution is 0.288. The molecule has 0 saturated carbocycles. The highest BCUT2D eigenvalue weighted by Gasteiger charge is 1.94. The van der Waals surface area contributed by atoms with Crippen molar-refractivity contribution in [3.63, 3.8) is 0 Å². The van der Waals surface area contributed by atoms with Crippen molar-refractivity contribution in [2.45, 2.75) is 12.8 Å². The zero-order valence-electron chi connectivity index (χ0n) is 5.67. The number of imidazole rings is 1. The first kappa shape index (κ1) is 7.08. The topological polar surface area (TPSA) is 74.9 Å². The van der Waals surface area contributed by atoms with Crippen LogP contribution in [0.3, 0.4) is 0 Å². The molecule has 0 spiro atoms. The fourth-order valence-corrected chi connectivity index (χ4v) is 0.773. The maximum atomic E-state index is 8.47. The van der Waals surface area contributed by atoms with Crippen LogP contribution in [-0.4, -0.2) is 21.7 Å². The number of anilines is 1. The lowest BCUT2D eigenvalue weighted by Crippen LogP contribution is -1.90. The number of aliphatic hydroxyl groups excluding tert-OH is 1. The SMILES string of the molecule is Nc1ncc(CCCO)[nH]1. The van der Waals surface area contributed by atoms with Gasteiger partial charge < -0.3 is 15.8 Å². The molecule has 1 aromatic heterocycles. The third kappa shape index (κ3) is 1.73. The summed E-state index contributed by atoms with van der Waals surface area (Å²) in [7, 11) is 0. The Morgan fingerprint density at radius 3 is 3.00 bits per heavy atom. The van der Waals surface area contributed by atoms with E-state index < -0.39 is 0 Å². The normalized spacial score (nSPS) is 10.1. The van der Waals surface area contributed by atoms with Gasteiger partial charge in [0.05, 0.1) is 6.20 Å². The average molecular weight is 141 g/mol. The Kier molecular flexibility index (Phi) is 2.28. The molecule has 56 valence electrons. The van der Waals surface area contributed by atoms with Crippen LogP contribution < -0.4 is 5.73 Å². The summed E-state index contributed by atoms with van der Waals surface area (Å²) in [5, 5.41) is 8.47. The quantitative estimate of drug-likeness (QED) is 0.551. The molecule has 0 atom stereocenters. The zero-order valence-corrected chi connectivity index (χ0v) is 5.67. The number of nitrogens with one attached hydrogen (secondary N) is 1. The van der Waals surface area contributed by atoms with Gasteiger partial charge in [-0.05, 0) is 12.8 Å². The molecular formula is C6H11N3O. The molecule has 0 unspecified atom stereocenters. The van der Waals surface area contributed by atoms with Crippen LogP contribution in [-0.2, 0) is 6.42 Å². The fourth-order valence-electron chi connectivity index (χ4n) is 0.773. The smallest absolute Gasteiger partial charge is 0.197 e. The van der Waals surface area contributed by atoms with E-state index in [1.54, 1.807) is 6.20 Å². The standard InChI is InChI=1S/C6H11N3O/c7-6-8-4-5(9-6)2-1-3-10/h4,10H,1-3H2,(H3,7,8,9). The van der Waals surface area contributed by atoms with Gasteiger partial charge in [-0.3, -0.25) is 0 Å². The highest BCUT2D eigenvalue weighted by molar-refractivity contribution is 5.18. The summed E-state index contributed by atoms with van der Waals surface area (Å²) < 4.78 is 0. The molecule has 0 amide bonds. The molecule has 0 aromatic carbocycles. The summed E-state index contributed by atoms with van der Waals surface area (Å²) in [6, 6.07) is 0. The molecule has 1 aromatic rings. The van der Waals surface area contributed by atoms with Crippen LogP contribution in [0.5, 0.6) is 0 Å². The first-order chi connectivity index (χ1) is 4.83. The minimum absolute atomic E-state index is 0.207. The van der Waals surface area contributed by atoms with Crippen LogP contribution in [0.25, 0.3) is 0 Å². The van der Waals surface area contributed by atoms with Crippen molar-refractivity contribution in [3.05, 3.63) is 11.9 Å². The zero-order chi connectivity index (χ0) is 7.40. The second kappa shape index (κ2) is 3.22. The molecule has 0 aliphatic heterocycles. The average Bonchev–Trinajstić information content (AvgIpc) is 2.31. The molecule has 1 rings (SSSR count). The lowest BCUT2D eigenvalue weighted by atomic mass is 10.3. The molecule has 4 N–H and O–H groups in total. The second-order valence-electron chi connectivity index (χ2n) is 2.12. The van der Waals surface area contributed by atoms with Crippen molar-refractivity contribution in [2.75, 3.05) is 12.3 Å². The number of rotatable bonds is 3. The number of hydrogen-bond donors (Lipinski definition) is 3. The Bertz CT molecular complexity index is 197. The van der Waals surface area contributed by atoms with Gasteiger partial charge in [0.15, 0.2) is 5.95 Å². The van der Waals surface area contributed by atoms with Crippen LogP contribution in [0.1, 0.15) is 12.1 Å². The van der Waals surface area contributed by atoms with E-state index in [4.69, 9.17) is 10.8 Å². The number of aryl methyl sites for hydroxylation is 1. The molecule has 0 fully saturated rings. The van der Waals surface area contributed by atoms with Crippen molar-refractivity contribution in [1.29, 1.82) is 0 Å². The van der Waals surface area contributed by atoms with Gasteiger partial charge in [0.1, 0.15) is 0 Å². The number of aromatic nitrogens is 2. The van der Waals surface area contributed by atoms with Crippen molar-refractivity contribution in [1.82, 2.24) is 9.97 Å². The first-order valence-electron chi connectivity index (χ1n) is 3.23. The number of nitrogen functional groups attached to an aromatic ring is 1. The molecule has 0 aliphatic rings. The predicted octanol–water partition coefficient (Wildman–Crippen LogP) is -0.0832. The second-order valence-corrected chi connectivity index (χ2v) is 2.12. The van der Waals surface area contributed by atoms with Crippen molar-refractivity contribution >= 4 is 5.95 Å². The molecule has 4 nitrogen and oxygen atoms in total. The lowest BCUT2D eigenvalue weighted by Gasteiger charge is -1.91. The van der Waals surface area contributed by atoms with E-state index in [2.05, 4.69) is 9.97 Å². The molecule has 0 aliphatic carbocycles. The van der Waals surface area contributed by atoms with Crippen LogP contribution in [0.15, 0.2) is 6.20 Å². The number of nitrogens with zero attached hydrogens (tertiary/aromatic N) is 1. The minimum atomic E-state index is 0.207. The molecule has 0 bridgehead atoms. The highest BCUT2D eigenvalue weighted by Crippen LogP contribution is 2.00. The van der Waals surface area contributed by atoms with Crippen molar-refractivity contribution in [2.24, 2.45) is 0 Å². The van der Waals surface area contributed by atoms with Crippen LogP contribution in [0, 0.1) is 0 Å². The van der Waals surface area contributed by atoms with E-state index in [1.807, 2.05) is 0 Å². The summed E-state index contributed by atoms with van der Waals surface area (Å²) in [4.78, 5) is 6.68. The fraction of sp³-hybridized carbons (Fsp3) is 0.500. The maximum absolute atomic E-state index is 8.47. The van der Waals surface area contributed by atoms with Gasteiger partial charge in [-0.2, -0.15) is 0 Å². The molecular weight excluding hydrogens is 130 g/mol. The molecule has 1 heterocycles. The number of hydrogen-bond acceptors (Lipinski definition) is 3. The first-order valence-corrected chi connectivity index (χ1v) is 3.23. The van der Waals surface area contributed by atoms with E-state index in [9.17, 15) is 0 Å². The van der Waals surface area contributed by atoms with Crippen LogP contribution in [0.2, 0.25) is 0 Å². The maximum Gasteiger partial charge on any atom is 0.197 e. The summed E-state index contributed by atoms with van der Waals surface area (Å²) in [5.74, 6) is 0.438. The van der Waals surface area contributed by atoms with E-state index in [0.29, 0.717) is 5.95 Å². The van der Waals surface area contributed by atoms with Crippen molar-refractivity contribution in [3.8, 4) is 0 Å². The minimum Gasteiger partial charge on any atom is -0.396 e. The Balaban J connectivity index is 2.42. The van der Waals surface area contributed by atoms with Crippen molar-refractivity contribution < 1.29 is 5.11 Å². The molecule has 4 heteroatoms. The third-order valence-corrected chi connectivity index (χ3v) is 1.25. The van der Waals surface area contributed by atoms with E-state index in [-0.39, 0.29) is 6.61 Å². The van der Waals surface area contributed by atoms with E-state index >= 15 is 0 Å². The van der Waals surface area contributed by atoms with Gasteiger partial charge in [0.25, 0.3) is 0 Å². The summed E-state index contributed by atoms with van der Waals surface area (Å²) in [5.41, 5.74) is 6.30. The van der Waals surface area contributed by atoms with Crippen LogP contribution in [0.4, 0.5) is 5.95 Å². The molecule has 10 heavy (non-hydrogen) atoms. The third-order valence-electron chi connectivity index (χ3n) is 1.25. The summed E-state index contributed by atoms with van der Waals surface area (Å²) in [6.45, 7) is 0.207. The van der Waals surface area contributed by atoms with Crippen LogP contribution >= 0.6 is 0 Å². The number of aromatic amines is 1. The van der Waals surface area contributed by atoms with Gasteiger partial charge in [0, 0.05) is 12.3 Å². The predicted molar refractivity (Wildman–Crippen MR) is 38.4 cm³/mol. The Hall–Kier alpha value is -1.03. The summed E-state index contributed by atoms with van der Waals surface area (Å²) in [6.07, 6.45) is 3.24. The van der Waals surface area contributed by atoms with E-state index in [0.717, 1.165) is 18.5 Å². The van der Waals surface area contributed by atoms with Gasteiger partial charge >= 0.3 is 0 Å². The Labute approximate surface area is 59.1 Å². The molecule has 0 radical (unpaired) electrons.